The first-order chi connectivity index (χ1) is 34.1. The third kappa shape index (κ3) is 59.0. The summed E-state index contributed by atoms with van der Waals surface area (Å²) in [5, 5.41) is 125. The van der Waals surface area contributed by atoms with E-state index in [1.807, 2.05) is 0 Å². The predicted molar refractivity (Wildman–Crippen MR) is 260 cm³/mol. The van der Waals surface area contributed by atoms with Gasteiger partial charge in [0.05, 0.1) is 50.8 Å². The van der Waals surface area contributed by atoms with Crippen LogP contribution >= 0.6 is 0 Å². The fourth-order valence-electron chi connectivity index (χ4n) is 4.34. The summed E-state index contributed by atoms with van der Waals surface area (Å²) in [4.78, 5) is 50.1. The first kappa shape index (κ1) is 102. The molecular formula is C44H56N8Ni2O24Tb2. The summed E-state index contributed by atoms with van der Waals surface area (Å²) in [6.07, 6.45) is 2.95. The summed E-state index contributed by atoms with van der Waals surface area (Å²) in [5.74, 6) is 0.530. The van der Waals surface area contributed by atoms with Crippen LogP contribution in [0.2, 0.25) is 0 Å². The molecule has 0 amide bonds. The van der Waals surface area contributed by atoms with E-state index < -0.39 is 22.5 Å². The van der Waals surface area contributed by atoms with Crippen LogP contribution in [0.3, 0.4) is 0 Å². The maximum absolute atomic E-state index is 11.9. The van der Waals surface area contributed by atoms with Crippen molar-refractivity contribution in [2.45, 2.75) is 26.7 Å². The molecule has 0 unspecified atom stereocenters. The van der Waals surface area contributed by atoms with Crippen molar-refractivity contribution in [3.8, 4) is 58.1 Å². The molecule has 0 heterocycles. The van der Waals surface area contributed by atoms with Crippen LogP contribution in [0.1, 0.15) is 48.9 Å². The number of methoxy groups -OCH3 is 4. The number of nitriles is 2. The zero-order valence-corrected chi connectivity index (χ0v) is 48.9. The van der Waals surface area contributed by atoms with E-state index in [4.69, 9.17) is 90.1 Å². The van der Waals surface area contributed by atoms with Crippen molar-refractivity contribution in [2.24, 2.45) is 20.0 Å². The maximum Gasteiger partial charge on any atom is 3.00 e. The minimum atomic E-state index is -2.33. The van der Waals surface area contributed by atoms with Crippen LogP contribution in [0.25, 0.3) is 0 Å². The van der Waals surface area contributed by atoms with Crippen molar-refractivity contribution < 1.29 is 212 Å². The molecule has 2 radical (unpaired) electrons. The van der Waals surface area contributed by atoms with Crippen LogP contribution in [-0.2, 0) is 43.9 Å². The number of ether oxygens (including phenoxy) is 4. The number of para-hydroxylation sites is 4. The molecule has 0 aliphatic rings. The quantitative estimate of drug-likeness (QED) is 0.0256. The first-order valence-corrected chi connectivity index (χ1v) is 19.5. The summed E-state index contributed by atoms with van der Waals surface area (Å²) >= 11 is 0. The number of carbonyl (C=O) groups is 2. The first-order valence-electron chi connectivity index (χ1n) is 19.5. The second-order valence-corrected chi connectivity index (χ2v) is 11.8. The number of nitrogens with zero attached hydrogens (tertiary/aromatic N) is 8. The van der Waals surface area contributed by atoms with Crippen molar-refractivity contribution in [2.75, 3.05) is 54.6 Å². The minimum absolute atomic E-state index is 0. The van der Waals surface area contributed by atoms with Gasteiger partial charge in [-0.2, -0.15) is 10.5 Å². The average Bonchev–Trinajstić information content (AvgIpc) is 3.30. The molecule has 0 aliphatic carbocycles. The normalized spacial score (nSPS) is 8.45. The third-order valence-corrected chi connectivity index (χ3v) is 6.99. The molecule has 80 heavy (non-hydrogen) atoms. The Morgan fingerprint density at radius 3 is 0.762 bits per heavy atom. The summed E-state index contributed by atoms with van der Waals surface area (Å²) in [6.45, 7) is 5.01. The van der Waals surface area contributed by atoms with Gasteiger partial charge in [-0.25, -0.2) is 0 Å². The van der Waals surface area contributed by atoms with E-state index in [0.717, 1.165) is 0 Å². The Morgan fingerprint density at radius 1 is 0.500 bits per heavy atom. The number of aliphatic imine (C=N–C) groups is 4. The Balaban J connectivity index is -0.0000000786. The molecule has 4 aromatic carbocycles. The van der Waals surface area contributed by atoms with Gasteiger partial charge in [0, 0.05) is 103 Å². The average molecular weight is 1520 g/mol. The van der Waals surface area contributed by atoms with Gasteiger partial charge in [-0.15, -0.1) is 0 Å². The number of benzene rings is 4. The van der Waals surface area contributed by atoms with Gasteiger partial charge < -0.3 is 122 Å². The smallest absolute Gasteiger partial charge is 0.870 e. The summed E-state index contributed by atoms with van der Waals surface area (Å²) in [7, 11) is 5.85. The predicted octanol–water partition coefficient (Wildman–Crippen LogP) is -4.25. The topological polar surface area (TPSA) is 614 Å². The monoisotopic (exact) mass is 1510 g/mol. The number of hydrogen-bond donors (Lipinski definition) is 0. The van der Waals surface area contributed by atoms with Gasteiger partial charge in [-0.3, -0.25) is 20.0 Å². The van der Waals surface area contributed by atoms with Crippen LogP contribution in [0.4, 0.5) is 9.59 Å². The van der Waals surface area contributed by atoms with Crippen LogP contribution in [-0.4, -0.2) is 113 Å². The molecule has 4 rings (SSSR count). The molecule has 10 N–H and O–H groups in total. The molecule has 0 aromatic heterocycles. The molecule has 32 nitrogen and oxygen atoms in total. The number of rotatable bonds is 16. The van der Waals surface area contributed by atoms with Gasteiger partial charge >= 0.3 is 71.6 Å². The number of carboxylic acid groups (broad SMARTS) is 4. The summed E-state index contributed by atoms with van der Waals surface area (Å²) in [6, 6.07) is 23.8. The van der Waals surface area contributed by atoms with E-state index in [1.54, 1.807) is 110 Å². The number of hydrogen-bond acceptors (Lipinski definition) is 26. The van der Waals surface area contributed by atoms with Gasteiger partial charge in [-0.05, 0) is 71.7 Å². The molecule has 0 aliphatic heterocycles. The molecule has 454 valence electrons. The van der Waals surface area contributed by atoms with Crippen LogP contribution in [0.5, 0.6) is 46.0 Å². The SMILES string of the molecule is CC#N.CC#N.COc1cccc(C=NCCCN=Cc2cccc(OC)c2[O-])c1[O-].COc1cccc(C=NCCCN=Cc2cccc(OC)c2[O-])c1[O-].O.O.O=C([O-])[O-].O=C([O-])[O-].O=[N+]([O-])[O-].O=[N+]([O-])[O-].[Ni+2].[Ni+3].[OH3+].[OH3+].[Tb+3].[Tb]. The molecule has 36 heteroatoms. The van der Waals surface area contributed by atoms with E-state index in [1.165, 1.54) is 42.3 Å². The van der Waals surface area contributed by atoms with Gasteiger partial charge in [0.1, 0.15) is 23.0 Å². The Labute approximate surface area is 539 Å². The van der Waals surface area contributed by atoms with Crippen LogP contribution < -0.4 is 59.8 Å². The molecule has 0 saturated carbocycles. The zero-order chi connectivity index (χ0) is 55.9. The Morgan fingerprint density at radius 2 is 0.637 bits per heavy atom. The van der Waals surface area contributed by atoms with Crippen molar-refractivity contribution >= 4 is 37.2 Å². The van der Waals surface area contributed by atoms with Crippen molar-refractivity contribution in [1.29, 1.82) is 10.5 Å². The molecule has 0 bridgehead atoms. The van der Waals surface area contributed by atoms with E-state index >= 15 is 0 Å². The minimum Gasteiger partial charge on any atom is -0.870 e. The molecule has 0 atom stereocenters. The number of carbonyl (C=O) groups excluding carboxylic acids is 2. The molecular weight excluding hydrogens is 1460 g/mol. The molecule has 0 spiro atoms. The van der Waals surface area contributed by atoms with Gasteiger partial charge in [0.2, 0.25) is 0 Å². The zero-order valence-electron chi connectivity index (χ0n) is 42.7. The van der Waals surface area contributed by atoms with E-state index in [0.29, 0.717) is 84.3 Å². The fourth-order valence-corrected chi connectivity index (χ4v) is 4.34. The standard InChI is InChI=1S/2C19H22N2O4.2C2H3N.2CH2O3.2NO3.2Ni.4H2O.2Tb/c2*1-24-16-8-3-6-14(18(16)22)12-20-10-5-11-21-13-15-7-4-9-17(25-2)19(15)23;2*1-2-3;4*2-1(3)4;;;;;;;;/h2*3-4,6-9,12-13,22-23H,5,10-11H2,1-2H3;2*1H3;2*(H2,2,3,4);;;;;4*1H2;;/q;;;;;;2*-1;+2;+3;;;;;;+3/p-6. The second kappa shape index (κ2) is 68.4. The maximum atomic E-state index is 11.9. The summed E-state index contributed by atoms with van der Waals surface area (Å²) in [5.41, 5.74) is 1.98. The summed E-state index contributed by atoms with van der Waals surface area (Å²) < 4.78 is 19.9. The van der Waals surface area contributed by atoms with E-state index in [-0.39, 0.29) is 155 Å². The Bertz CT molecular complexity index is 2100. The fraction of sp³-hybridized carbons (Fsp3) is 0.273. The molecule has 0 fully saturated rings. The van der Waals surface area contributed by atoms with Crippen molar-refractivity contribution in [3.63, 3.8) is 0 Å². The van der Waals surface area contributed by atoms with Crippen LogP contribution in [0, 0.1) is 131 Å². The van der Waals surface area contributed by atoms with Crippen molar-refractivity contribution in [3.05, 3.63) is 126 Å². The van der Waals surface area contributed by atoms with E-state index in [9.17, 15) is 20.4 Å². The van der Waals surface area contributed by atoms with Crippen LogP contribution in [0.15, 0.2) is 92.8 Å². The molecule has 4 aromatic rings. The van der Waals surface area contributed by atoms with Gasteiger partial charge in [-0.1, -0.05) is 71.5 Å². The van der Waals surface area contributed by atoms with Gasteiger partial charge in [0.25, 0.3) is 0 Å². The van der Waals surface area contributed by atoms with Crippen molar-refractivity contribution in [1.82, 2.24) is 0 Å². The molecule has 0 saturated heterocycles. The Kier molecular flexibility index (Phi) is 87.1. The largest absolute Gasteiger partial charge is 3.00 e. The van der Waals surface area contributed by atoms with Gasteiger partial charge in [0.15, 0.2) is 0 Å². The second-order valence-electron chi connectivity index (χ2n) is 11.8. The third-order valence-electron chi connectivity index (χ3n) is 6.99. The Hall–Kier alpha value is -6.72. The van der Waals surface area contributed by atoms with E-state index in [2.05, 4.69) is 20.0 Å².